The van der Waals surface area contributed by atoms with Crippen LogP contribution in [0, 0.1) is 10.1 Å². The molecule has 0 unspecified atom stereocenters. The van der Waals surface area contributed by atoms with E-state index in [4.69, 9.17) is 0 Å². The van der Waals surface area contributed by atoms with Crippen molar-refractivity contribution in [2.75, 3.05) is 31.1 Å². The lowest BCUT2D eigenvalue weighted by molar-refractivity contribution is -0.384. The van der Waals surface area contributed by atoms with Gasteiger partial charge in [0.05, 0.1) is 9.83 Å². The fourth-order valence-corrected chi connectivity index (χ4v) is 4.17. The molecule has 0 radical (unpaired) electrons. The fraction of sp³-hybridized carbons (Fsp3) is 0.200. The molecule has 1 fully saturated rings. The second-order valence-electron chi connectivity index (χ2n) is 6.47. The first-order valence-corrected chi connectivity index (χ1v) is 9.74. The number of anilines is 1. The van der Waals surface area contributed by atoms with Crippen molar-refractivity contribution >= 4 is 40.3 Å². The lowest BCUT2D eigenvalue weighted by Gasteiger charge is -2.36. The molecule has 2 aliphatic heterocycles. The molecule has 0 saturated carbocycles. The molecule has 0 N–H and O–H groups in total. The van der Waals surface area contributed by atoms with Crippen LogP contribution in [0.15, 0.2) is 64.5 Å². The minimum Gasteiger partial charge on any atom is -0.368 e. The number of nitrogens with zero attached hydrogens (tertiary/aromatic N) is 4. The highest BCUT2D eigenvalue weighted by molar-refractivity contribution is 8.18. The molecule has 2 aliphatic rings. The molecule has 2 heterocycles. The number of amidine groups is 1. The normalized spacial score (nSPS) is 18.5. The van der Waals surface area contributed by atoms with Gasteiger partial charge < -0.3 is 9.80 Å². The highest BCUT2D eigenvalue weighted by Crippen LogP contribution is 2.31. The van der Waals surface area contributed by atoms with E-state index in [2.05, 4.69) is 26.9 Å². The number of nitro benzene ring substituents is 1. The molecule has 0 spiro atoms. The summed E-state index contributed by atoms with van der Waals surface area (Å²) in [5, 5.41) is 11.6. The number of hydrogen-bond donors (Lipinski definition) is 0. The Morgan fingerprint density at radius 3 is 2.43 bits per heavy atom. The van der Waals surface area contributed by atoms with Crippen molar-refractivity contribution in [1.29, 1.82) is 0 Å². The van der Waals surface area contributed by atoms with Crippen LogP contribution in [0.2, 0.25) is 0 Å². The third-order valence-corrected chi connectivity index (χ3v) is 5.70. The molecule has 7 nitrogen and oxygen atoms in total. The number of thioether (sulfide) groups is 1. The average Bonchev–Trinajstić information content (AvgIpc) is 3.09. The second kappa shape index (κ2) is 7.85. The monoisotopic (exact) mass is 394 g/mol. The highest BCUT2D eigenvalue weighted by atomic mass is 32.2. The number of rotatable bonds is 3. The molecule has 8 heteroatoms. The number of non-ortho nitro benzene ring substituents is 1. The van der Waals surface area contributed by atoms with Crippen LogP contribution in [0.3, 0.4) is 0 Å². The van der Waals surface area contributed by atoms with E-state index in [1.165, 1.54) is 29.6 Å². The molecule has 28 heavy (non-hydrogen) atoms. The Morgan fingerprint density at radius 1 is 1.00 bits per heavy atom. The summed E-state index contributed by atoms with van der Waals surface area (Å²) < 4.78 is 0. The van der Waals surface area contributed by atoms with Crippen LogP contribution in [0.1, 0.15) is 5.56 Å². The first-order valence-electron chi connectivity index (χ1n) is 8.92. The third-order valence-electron chi connectivity index (χ3n) is 4.66. The molecule has 1 amide bonds. The van der Waals surface area contributed by atoms with Crippen molar-refractivity contribution < 1.29 is 9.72 Å². The Kier molecular flexibility index (Phi) is 5.12. The van der Waals surface area contributed by atoms with E-state index in [1.54, 1.807) is 18.2 Å². The zero-order valence-electron chi connectivity index (χ0n) is 15.0. The first-order chi connectivity index (χ1) is 13.6. The van der Waals surface area contributed by atoms with Gasteiger partial charge in [0.1, 0.15) is 0 Å². The summed E-state index contributed by atoms with van der Waals surface area (Å²) >= 11 is 1.33. The van der Waals surface area contributed by atoms with Gasteiger partial charge in [-0.05, 0) is 35.5 Å². The quantitative estimate of drug-likeness (QED) is 0.451. The number of aliphatic imine (C=N–C) groups is 1. The second-order valence-corrected chi connectivity index (χ2v) is 7.48. The molecule has 0 aromatic heterocycles. The number of para-hydroxylation sites is 1. The Bertz CT molecular complexity index is 966. The lowest BCUT2D eigenvalue weighted by atomic mass is 10.2. The van der Waals surface area contributed by atoms with Gasteiger partial charge in [-0.15, -0.1) is 0 Å². The van der Waals surface area contributed by atoms with Crippen molar-refractivity contribution in [3.63, 3.8) is 0 Å². The van der Waals surface area contributed by atoms with Crippen molar-refractivity contribution in [3.8, 4) is 0 Å². The number of benzene rings is 2. The molecular formula is C20H18N4O3S. The van der Waals surface area contributed by atoms with Crippen LogP contribution in [0.5, 0.6) is 0 Å². The predicted octanol–water partition coefficient (Wildman–Crippen LogP) is 3.39. The van der Waals surface area contributed by atoms with E-state index in [0.29, 0.717) is 15.6 Å². The molecule has 142 valence electrons. The number of carbonyl (C=O) groups is 1. The van der Waals surface area contributed by atoms with Gasteiger partial charge in [0.15, 0.2) is 5.17 Å². The van der Waals surface area contributed by atoms with E-state index < -0.39 is 4.92 Å². The maximum absolute atomic E-state index is 12.3. The predicted molar refractivity (Wildman–Crippen MR) is 111 cm³/mol. The van der Waals surface area contributed by atoms with Gasteiger partial charge in [0, 0.05) is 44.0 Å². The molecule has 2 aromatic carbocycles. The Morgan fingerprint density at radius 2 is 1.71 bits per heavy atom. The summed E-state index contributed by atoms with van der Waals surface area (Å²) in [6, 6.07) is 16.5. The minimum absolute atomic E-state index is 0.00275. The summed E-state index contributed by atoms with van der Waals surface area (Å²) in [4.78, 5) is 31.9. The molecule has 0 bridgehead atoms. The number of carbonyl (C=O) groups excluding carboxylic acids is 1. The summed E-state index contributed by atoms with van der Waals surface area (Å²) in [5.41, 5.74) is 1.82. The van der Waals surface area contributed by atoms with Crippen molar-refractivity contribution in [2.24, 2.45) is 4.99 Å². The summed E-state index contributed by atoms with van der Waals surface area (Å²) in [7, 11) is 0. The fourth-order valence-electron chi connectivity index (χ4n) is 3.21. The maximum atomic E-state index is 12.3. The highest BCUT2D eigenvalue weighted by Gasteiger charge is 2.28. The van der Waals surface area contributed by atoms with E-state index in [-0.39, 0.29) is 11.6 Å². The van der Waals surface area contributed by atoms with Crippen LogP contribution in [-0.2, 0) is 4.79 Å². The number of hydrogen-bond acceptors (Lipinski definition) is 6. The van der Waals surface area contributed by atoms with Crippen LogP contribution in [0.25, 0.3) is 6.08 Å². The van der Waals surface area contributed by atoms with Gasteiger partial charge in [0.2, 0.25) is 0 Å². The van der Waals surface area contributed by atoms with Crippen molar-refractivity contribution in [2.45, 2.75) is 0 Å². The molecule has 1 saturated heterocycles. The van der Waals surface area contributed by atoms with E-state index in [1.807, 2.05) is 18.2 Å². The molecular weight excluding hydrogens is 376 g/mol. The number of piperazine rings is 1. The number of amides is 1. The Labute approximate surface area is 166 Å². The lowest BCUT2D eigenvalue weighted by Crippen LogP contribution is -2.47. The Balaban J connectivity index is 1.42. The van der Waals surface area contributed by atoms with Gasteiger partial charge in [-0.3, -0.25) is 14.9 Å². The van der Waals surface area contributed by atoms with Crippen molar-refractivity contribution in [3.05, 3.63) is 75.2 Å². The molecule has 0 atom stereocenters. The molecule has 4 rings (SSSR count). The van der Waals surface area contributed by atoms with Crippen LogP contribution < -0.4 is 4.90 Å². The summed E-state index contributed by atoms with van der Waals surface area (Å²) in [5.74, 6) is -0.294. The van der Waals surface area contributed by atoms with Crippen LogP contribution in [-0.4, -0.2) is 47.1 Å². The zero-order valence-corrected chi connectivity index (χ0v) is 15.8. The van der Waals surface area contributed by atoms with E-state index in [9.17, 15) is 14.9 Å². The van der Waals surface area contributed by atoms with Gasteiger partial charge >= 0.3 is 0 Å². The number of nitro groups is 1. The van der Waals surface area contributed by atoms with E-state index in [0.717, 1.165) is 26.2 Å². The van der Waals surface area contributed by atoms with Crippen LogP contribution in [0.4, 0.5) is 11.4 Å². The average molecular weight is 394 g/mol. The topological polar surface area (TPSA) is 79.0 Å². The van der Waals surface area contributed by atoms with Crippen LogP contribution >= 0.6 is 11.8 Å². The van der Waals surface area contributed by atoms with Gasteiger partial charge in [-0.1, -0.05) is 30.3 Å². The van der Waals surface area contributed by atoms with Crippen molar-refractivity contribution in [1.82, 2.24) is 4.90 Å². The molecule has 0 aliphatic carbocycles. The van der Waals surface area contributed by atoms with Gasteiger partial charge in [-0.25, -0.2) is 0 Å². The van der Waals surface area contributed by atoms with E-state index >= 15 is 0 Å². The Hall–Kier alpha value is -3.13. The third kappa shape index (κ3) is 3.91. The molecule has 2 aromatic rings. The minimum atomic E-state index is -0.445. The van der Waals surface area contributed by atoms with Gasteiger partial charge in [0.25, 0.3) is 11.6 Å². The summed E-state index contributed by atoms with van der Waals surface area (Å²) in [6.45, 7) is 3.31. The smallest absolute Gasteiger partial charge is 0.286 e. The summed E-state index contributed by atoms with van der Waals surface area (Å²) in [6.07, 6.45) is 1.66. The first kappa shape index (κ1) is 18.2. The maximum Gasteiger partial charge on any atom is 0.286 e. The largest absolute Gasteiger partial charge is 0.368 e. The SMILES string of the molecule is O=C1N=C(N2CCN(c3ccccc3)CC2)S/C1=C/c1cccc([N+](=O)[O-])c1. The standard InChI is InChI=1S/C20H18N4O3S/c25-19-18(14-15-5-4-8-17(13-15)24(26)27)28-20(21-19)23-11-9-22(10-12-23)16-6-2-1-3-7-16/h1-8,13-14H,9-12H2/b18-14+. The zero-order chi connectivity index (χ0) is 19.5. The van der Waals surface area contributed by atoms with Gasteiger partial charge in [-0.2, -0.15) is 4.99 Å².